The number of nitrogens with one attached hydrogen (secondary N) is 1. The van der Waals surface area contributed by atoms with Crippen LogP contribution in [0.15, 0.2) is 12.1 Å². The first-order valence-electron chi connectivity index (χ1n) is 7.12. The number of carboxylic acids is 1. The molecule has 2 heterocycles. The van der Waals surface area contributed by atoms with Gasteiger partial charge in [-0.2, -0.15) is 0 Å². The van der Waals surface area contributed by atoms with Crippen molar-refractivity contribution in [1.29, 1.82) is 0 Å². The molecule has 6 nitrogen and oxygen atoms in total. The number of hydrogen-bond acceptors (Lipinski definition) is 7. The van der Waals surface area contributed by atoms with Crippen molar-refractivity contribution in [3.05, 3.63) is 23.0 Å². The molecule has 0 amide bonds. The fourth-order valence-electron chi connectivity index (χ4n) is 2.19. The Bertz CT molecular complexity index is 725. The molecule has 1 aliphatic heterocycles. The van der Waals surface area contributed by atoms with E-state index in [1.54, 1.807) is 6.07 Å². The Morgan fingerprint density at radius 2 is 2.39 bits per heavy atom. The minimum atomic E-state index is -0.872. The van der Waals surface area contributed by atoms with Crippen LogP contribution >= 0.6 is 23.1 Å². The summed E-state index contributed by atoms with van der Waals surface area (Å²) in [6.45, 7) is 0.856. The third kappa shape index (κ3) is 3.57. The van der Waals surface area contributed by atoms with Gasteiger partial charge in [0.05, 0.1) is 16.8 Å². The second kappa shape index (κ2) is 7.00. The third-order valence-electron chi connectivity index (χ3n) is 3.37. The highest BCUT2D eigenvalue weighted by Crippen LogP contribution is 2.38. The van der Waals surface area contributed by atoms with Crippen LogP contribution in [0.2, 0.25) is 0 Å². The molecule has 124 valence electrons. The van der Waals surface area contributed by atoms with Crippen LogP contribution < -0.4 is 15.8 Å². The highest BCUT2D eigenvalue weighted by molar-refractivity contribution is 7.99. The number of halogens is 1. The van der Waals surface area contributed by atoms with Crippen LogP contribution in [0.4, 0.5) is 4.39 Å². The summed E-state index contributed by atoms with van der Waals surface area (Å²) >= 11 is 2.90. The van der Waals surface area contributed by atoms with E-state index in [4.69, 9.17) is 15.6 Å². The Labute approximate surface area is 140 Å². The predicted octanol–water partition coefficient (Wildman–Crippen LogP) is 1.95. The molecule has 4 N–H and O–H groups in total. The Balaban J connectivity index is 1.80. The lowest BCUT2D eigenvalue weighted by atomic mass is 10.3. The Morgan fingerprint density at radius 1 is 1.57 bits per heavy atom. The smallest absolute Gasteiger partial charge is 0.321 e. The first kappa shape index (κ1) is 16.4. The van der Waals surface area contributed by atoms with Gasteiger partial charge in [-0.3, -0.25) is 10.1 Å². The number of nitrogens with zero attached hydrogens (tertiary/aromatic N) is 1. The maximum absolute atomic E-state index is 14.0. The number of hydrogen-bond donors (Lipinski definition) is 3. The quantitative estimate of drug-likeness (QED) is 0.680. The van der Waals surface area contributed by atoms with Crippen molar-refractivity contribution >= 4 is 39.3 Å². The van der Waals surface area contributed by atoms with E-state index < -0.39 is 17.8 Å². The summed E-state index contributed by atoms with van der Waals surface area (Å²) < 4.78 is 20.2. The molecule has 1 aliphatic rings. The fourth-order valence-corrected chi connectivity index (χ4v) is 4.54. The number of carbonyl (C=O) groups is 1. The third-order valence-corrected chi connectivity index (χ3v) is 5.82. The van der Waals surface area contributed by atoms with Crippen molar-refractivity contribution in [3.63, 3.8) is 0 Å². The van der Waals surface area contributed by atoms with E-state index in [0.717, 1.165) is 9.71 Å². The molecule has 1 saturated heterocycles. The van der Waals surface area contributed by atoms with Crippen molar-refractivity contribution in [2.24, 2.45) is 5.73 Å². The van der Waals surface area contributed by atoms with Crippen LogP contribution in [0.3, 0.4) is 0 Å². The average Bonchev–Trinajstić information content (AvgIpc) is 3.13. The molecule has 23 heavy (non-hydrogen) atoms. The zero-order chi connectivity index (χ0) is 16.4. The highest BCUT2D eigenvalue weighted by atomic mass is 32.2. The molecule has 1 fully saturated rings. The highest BCUT2D eigenvalue weighted by Gasteiger charge is 2.32. The summed E-state index contributed by atoms with van der Waals surface area (Å²) in [6.07, 6.45) is 0.657. The molecule has 0 spiro atoms. The average molecular weight is 357 g/mol. The number of thioether (sulfide) groups is 1. The Hall–Kier alpha value is -1.42. The van der Waals surface area contributed by atoms with Gasteiger partial charge < -0.3 is 15.6 Å². The Kier molecular flexibility index (Phi) is 5.00. The molecule has 2 atom stereocenters. The predicted molar refractivity (Wildman–Crippen MR) is 88.5 cm³/mol. The molecule has 3 rings (SSSR count). The van der Waals surface area contributed by atoms with E-state index in [1.165, 1.54) is 29.2 Å². The number of benzene rings is 1. The number of ether oxygens (including phenoxy) is 1. The van der Waals surface area contributed by atoms with Gasteiger partial charge in [0.15, 0.2) is 11.6 Å². The van der Waals surface area contributed by atoms with Gasteiger partial charge in [0.25, 0.3) is 0 Å². The van der Waals surface area contributed by atoms with Crippen LogP contribution in [0, 0.1) is 5.82 Å². The van der Waals surface area contributed by atoms with E-state index >= 15 is 0 Å². The van der Waals surface area contributed by atoms with E-state index in [0.29, 0.717) is 30.8 Å². The van der Waals surface area contributed by atoms with Gasteiger partial charge in [0.1, 0.15) is 16.4 Å². The second-order valence-corrected chi connectivity index (χ2v) is 7.26. The largest absolute Gasteiger partial charge is 0.490 e. The zero-order valence-corrected chi connectivity index (χ0v) is 13.8. The molecule has 1 aromatic carbocycles. The standard InChI is InChI=1S/C14H16FN3O3S2/c15-7-4-8-11(5-10(7)21-3-1-2-16)23-13(17-8)12-18-9(6-22-12)14(19)20/h4-5,9,12,18H,1-3,6,16H2,(H,19,20)/t9-,12?/m1/s1. The number of rotatable bonds is 6. The van der Waals surface area contributed by atoms with Gasteiger partial charge in [0, 0.05) is 17.9 Å². The maximum atomic E-state index is 14.0. The van der Waals surface area contributed by atoms with Gasteiger partial charge >= 0.3 is 5.97 Å². The van der Waals surface area contributed by atoms with Gasteiger partial charge in [-0.15, -0.1) is 23.1 Å². The monoisotopic (exact) mass is 357 g/mol. The van der Waals surface area contributed by atoms with Crippen LogP contribution in [0.1, 0.15) is 16.8 Å². The molecular formula is C14H16FN3O3S2. The fraction of sp³-hybridized carbons (Fsp3) is 0.429. The van der Waals surface area contributed by atoms with Crippen molar-refractivity contribution in [1.82, 2.24) is 10.3 Å². The lowest BCUT2D eigenvalue weighted by molar-refractivity contribution is -0.138. The number of aliphatic carboxylic acids is 1. The number of thiazole rings is 1. The van der Waals surface area contributed by atoms with E-state index in [-0.39, 0.29) is 11.1 Å². The SMILES string of the molecule is NCCCOc1cc2sc(C3N[C@@H](C(=O)O)CS3)nc2cc1F. The van der Waals surface area contributed by atoms with Crippen LogP contribution in [0.25, 0.3) is 10.2 Å². The van der Waals surface area contributed by atoms with Crippen molar-refractivity contribution < 1.29 is 19.0 Å². The van der Waals surface area contributed by atoms with E-state index in [2.05, 4.69) is 10.3 Å². The normalized spacial score (nSPS) is 21.0. The number of aromatic nitrogens is 1. The van der Waals surface area contributed by atoms with Crippen LogP contribution in [-0.4, -0.2) is 41.0 Å². The maximum Gasteiger partial charge on any atom is 0.321 e. The van der Waals surface area contributed by atoms with Gasteiger partial charge in [-0.1, -0.05) is 0 Å². The molecule has 9 heteroatoms. The number of nitrogens with two attached hydrogens (primary N) is 1. The summed E-state index contributed by atoms with van der Waals surface area (Å²) in [5, 5.41) is 12.6. The lowest BCUT2D eigenvalue weighted by Gasteiger charge is -2.06. The number of carboxylic acid groups (broad SMARTS) is 1. The summed E-state index contributed by atoms with van der Waals surface area (Å²) in [5.41, 5.74) is 5.94. The first-order chi connectivity index (χ1) is 11.1. The van der Waals surface area contributed by atoms with Gasteiger partial charge in [-0.05, 0) is 13.0 Å². The molecule has 0 aliphatic carbocycles. The molecular weight excluding hydrogens is 341 g/mol. The lowest BCUT2D eigenvalue weighted by Crippen LogP contribution is -2.33. The number of fused-ring (bicyclic) bond motifs is 1. The van der Waals surface area contributed by atoms with Gasteiger partial charge in [0.2, 0.25) is 0 Å². The van der Waals surface area contributed by atoms with Crippen LogP contribution in [0.5, 0.6) is 5.75 Å². The van der Waals surface area contributed by atoms with Gasteiger partial charge in [-0.25, -0.2) is 9.37 Å². The molecule has 0 saturated carbocycles. The van der Waals surface area contributed by atoms with E-state index in [9.17, 15) is 9.18 Å². The van der Waals surface area contributed by atoms with Crippen molar-refractivity contribution in [2.45, 2.75) is 17.8 Å². The molecule has 1 unspecified atom stereocenters. The zero-order valence-electron chi connectivity index (χ0n) is 12.1. The summed E-state index contributed by atoms with van der Waals surface area (Å²) in [6, 6.07) is 2.40. The van der Waals surface area contributed by atoms with Crippen molar-refractivity contribution in [3.8, 4) is 5.75 Å². The summed E-state index contributed by atoms with van der Waals surface area (Å²) in [7, 11) is 0. The summed E-state index contributed by atoms with van der Waals surface area (Å²) in [5.74, 6) is -0.654. The minimum absolute atomic E-state index is 0.182. The van der Waals surface area contributed by atoms with Crippen molar-refractivity contribution in [2.75, 3.05) is 18.9 Å². The minimum Gasteiger partial charge on any atom is -0.490 e. The second-order valence-electron chi connectivity index (χ2n) is 5.06. The van der Waals surface area contributed by atoms with Crippen LogP contribution in [-0.2, 0) is 4.79 Å². The Morgan fingerprint density at radius 3 is 3.09 bits per heavy atom. The molecule has 0 radical (unpaired) electrons. The van der Waals surface area contributed by atoms with E-state index in [1.807, 2.05) is 0 Å². The summed E-state index contributed by atoms with van der Waals surface area (Å²) in [4.78, 5) is 15.4. The molecule has 2 aromatic rings. The molecule has 1 aromatic heterocycles. The first-order valence-corrected chi connectivity index (χ1v) is 8.98. The topological polar surface area (TPSA) is 97.5 Å². The molecule has 0 bridgehead atoms.